The number of benzene rings is 1. The molecule has 0 atom stereocenters. The zero-order valence-corrected chi connectivity index (χ0v) is 9.84. The summed E-state index contributed by atoms with van der Waals surface area (Å²) in [5.74, 6) is -0.197. The summed E-state index contributed by atoms with van der Waals surface area (Å²) in [6.07, 6.45) is 4.13. The fraction of sp³-hybridized carbons (Fsp3) is 0.154. The van der Waals surface area contributed by atoms with E-state index in [1.165, 1.54) is 18.2 Å². The van der Waals surface area contributed by atoms with Crippen molar-refractivity contribution >= 4 is 11.5 Å². The Morgan fingerprint density at radius 2 is 2.17 bits per heavy atom. The van der Waals surface area contributed by atoms with E-state index in [0.717, 1.165) is 12.0 Å². The summed E-state index contributed by atoms with van der Waals surface area (Å²) in [4.78, 5) is 25.3. The maximum absolute atomic E-state index is 12.2. The molecule has 0 radical (unpaired) electrons. The summed E-state index contributed by atoms with van der Waals surface area (Å²) in [5.41, 5.74) is 1.73. The predicted molar refractivity (Wildman–Crippen MR) is 66.7 cm³/mol. The van der Waals surface area contributed by atoms with Crippen molar-refractivity contribution in [3.63, 3.8) is 0 Å². The average Bonchev–Trinajstić information content (AvgIpc) is 2.86. The van der Waals surface area contributed by atoms with Gasteiger partial charge in [-0.15, -0.1) is 0 Å². The van der Waals surface area contributed by atoms with E-state index in [0.29, 0.717) is 11.1 Å². The van der Waals surface area contributed by atoms with Crippen LogP contribution in [0.4, 0.5) is 5.69 Å². The van der Waals surface area contributed by atoms with E-state index in [9.17, 15) is 14.9 Å². The summed E-state index contributed by atoms with van der Waals surface area (Å²) in [6.45, 7) is 1.95. The Morgan fingerprint density at radius 1 is 1.39 bits per heavy atom. The lowest BCUT2D eigenvalue weighted by molar-refractivity contribution is -0.384. The van der Waals surface area contributed by atoms with Crippen molar-refractivity contribution in [2.45, 2.75) is 13.3 Å². The maximum atomic E-state index is 12.2. The van der Waals surface area contributed by atoms with Gasteiger partial charge >= 0.3 is 0 Å². The Balaban J connectivity index is 2.40. The topological polar surface area (TPSA) is 76.0 Å². The summed E-state index contributed by atoms with van der Waals surface area (Å²) >= 11 is 0. The lowest BCUT2D eigenvalue weighted by Gasteiger charge is -2.01. The Morgan fingerprint density at radius 3 is 2.83 bits per heavy atom. The van der Waals surface area contributed by atoms with Crippen molar-refractivity contribution in [1.29, 1.82) is 0 Å². The molecule has 0 aliphatic rings. The third kappa shape index (κ3) is 2.15. The molecule has 0 amide bonds. The fourth-order valence-electron chi connectivity index (χ4n) is 1.82. The van der Waals surface area contributed by atoms with Crippen molar-refractivity contribution in [1.82, 2.24) is 4.98 Å². The molecule has 0 aliphatic carbocycles. The number of aryl methyl sites for hydroxylation is 1. The molecule has 1 aromatic carbocycles. The molecule has 0 fully saturated rings. The summed E-state index contributed by atoms with van der Waals surface area (Å²) in [5, 5.41) is 10.7. The van der Waals surface area contributed by atoms with Gasteiger partial charge in [-0.1, -0.05) is 19.1 Å². The van der Waals surface area contributed by atoms with Crippen molar-refractivity contribution in [2.24, 2.45) is 0 Å². The molecular weight excluding hydrogens is 232 g/mol. The molecule has 0 saturated carbocycles. The quantitative estimate of drug-likeness (QED) is 0.510. The van der Waals surface area contributed by atoms with Gasteiger partial charge in [-0.2, -0.15) is 0 Å². The number of non-ortho nitro benzene ring substituents is 1. The molecule has 1 heterocycles. The largest absolute Gasteiger partial charge is 0.367 e. The summed E-state index contributed by atoms with van der Waals surface area (Å²) in [6, 6.07) is 5.77. The van der Waals surface area contributed by atoms with Crippen molar-refractivity contribution in [3.8, 4) is 0 Å². The van der Waals surface area contributed by atoms with Crippen molar-refractivity contribution in [2.75, 3.05) is 0 Å². The second kappa shape index (κ2) is 4.83. The van der Waals surface area contributed by atoms with Crippen LogP contribution in [0.15, 0.2) is 36.7 Å². The van der Waals surface area contributed by atoms with Crippen LogP contribution >= 0.6 is 0 Å². The first-order chi connectivity index (χ1) is 8.63. The van der Waals surface area contributed by atoms with Crippen LogP contribution < -0.4 is 0 Å². The van der Waals surface area contributed by atoms with Gasteiger partial charge in [0.15, 0.2) is 5.78 Å². The molecule has 2 aromatic rings. The number of carbonyl (C=O) groups excluding carboxylic acids is 1. The SMILES string of the molecule is CCc1c[nH]cc1C(=O)c1cccc([N+](=O)[O-])c1. The normalized spacial score (nSPS) is 10.3. The van der Waals surface area contributed by atoms with E-state index in [2.05, 4.69) is 4.98 Å². The van der Waals surface area contributed by atoms with Gasteiger partial charge in [0.2, 0.25) is 0 Å². The lowest BCUT2D eigenvalue weighted by Crippen LogP contribution is -2.03. The number of nitrogens with one attached hydrogen (secondary N) is 1. The first kappa shape index (κ1) is 12.0. The molecule has 0 aliphatic heterocycles. The zero-order valence-electron chi connectivity index (χ0n) is 9.84. The van der Waals surface area contributed by atoms with Gasteiger partial charge in [-0.05, 0) is 12.0 Å². The van der Waals surface area contributed by atoms with E-state index >= 15 is 0 Å². The van der Waals surface area contributed by atoms with E-state index in [4.69, 9.17) is 0 Å². The smallest absolute Gasteiger partial charge is 0.270 e. The summed E-state index contributed by atoms with van der Waals surface area (Å²) < 4.78 is 0. The Bertz CT molecular complexity index is 602. The number of aromatic amines is 1. The van der Waals surface area contributed by atoms with Crippen LogP contribution in [0, 0.1) is 10.1 Å². The number of nitro benzene ring substituents is 1. The number of nitro groups is 1. The molecule has 92 valence electrons. The zero-order chi connectivity index (χ0) is 13.1. The maximum Gasteiger partial charge on any atom is 0.270 e. The number of hydrogen-bond acceptors (Lipinski definition) is 3. The van der Waals surface area contributed by atoms with E-state index in [-0.39, 0.29) is 11.5 Å². The minimum absolute atomic E-state index is 0.0746. The van der Waals surface area contributed by atoms with Crippen LogP contribution in [0.2, 0.25) is 0 Å². The molecule has 2 rings (SSSR count). The fourth-order valence-corrected chi connectivity index (χ4v) is 1.82. The number of aromatic nitrogens is 1. The monoisotopic (exact) mass is 244 g/mol. The molecule has 18 heavy (non-hydrogen) atoms. The number of nitrogens with zero attached hydrogens (tertiary/aromatic N) is 1. The van der Waals surface area contributed by atoms with E-state index in [1.54, 1.807) is 18.5 Å². The Hall–Kier alpha value is -2.43. The number of hydrogen-bond donors (Lipinski definition) is 1. The number of H-pyrrole nitrogens is 1. The Kier molecular flexibility index (Phi) is 3.23. The third-order valence-electron chi connectivity index (χ3n) is 2.78. The highest BCUT2D eigenvalue weighted by atomic mass is 16.6. The molecular formula is C13H12N2O3. The second-order valence-corrected chi connectivity index (χ2v) is 3.88. The first-order valence-electron chi connectivity index (χ1n) is 5.58. The van der Waals surface area contributed by atoms with Gasteiger partial charge in [0.25, 0.3) is 5.69 Å². The van der Waals surface area contributed by atoms with E-state index < -0.39 is 4.92 Å². The Labute approximate surface area is 104 Å². The van der Waals surface area contributed by atoms with Crippen LogP contribution in [0.25, 0.3) is 0 Å². The van der Waals surface area contributed by atoms with Crippen LogP contribution in [0.3, 0.4) is 0 Å². The van der Waals surface area contributed by atoms with Crippen LogP contribution in [0.5, 0.6) is 0 Å². The first-order valence-corrected chi connectivity index (χ1v) is 5.58. The second-order valence-electron chi connectivity index (χ2n) is 3.88. The molecule has 0 spiro atoms. The van der Waals surface area contributed by atoms with Gasteiger partial charge in [0.05, 0.1) is 4.92 Å². The minimum atomic E-state index is -0.505. The minimum Gasteiger partial charge on any atom is -0.367 e. The standard InChI is InChI=1S/C13H12N2O3/c1-2-9-7-14-8-12(9)13(16)10-4-3-5-11(6-10)15(17)18/h3-8,14H,2H2,1H3. The molecule has 0 saturated heterocycles. The van der Waals surface area contributed by atoms with Gasteiger partial charge in [-0.25, -0.2) is 0 Å². The molecule has 0 bridgehead atoms. The highest BCUT2D eigenvalue weighted by Crippen LogP contribution is 2.18. The van der Waals surface area contributed by atoms with Crippen molar-refractivity contribution in [3.05, 3.63) is 63.5 Å². The number of rotatable bonds is 4. The molecule has 0 unspecified atom stereocenters. The van der Waals surface area contributed by atoms with Gasteiger partial charge in [-0.3, -0.25) is 14.9 Å². The molecule has 5 nitrogen and oxygen atoms in total. The summed E-state index contributed by atoms with van der Waals surface area (Å²) in [7, 11) is 0. The lowest BCUT2D eigenvalue weighted by atomic mass is 10.0. The third-order valence-corrected chi connectivity index (χ3v) is 2.78. The van der Waals surface area contributed by atoms with Gasteiger partial charge in [0.1, 0.15) is 0 Å². The number of carbonyl (C=O) groups is 1. The van der Waals surface area contributed by atoms with Crippen LogP contribution in [-0.2, 0) is 6.42 Å². The van der Waals surface area contributed by atoms with Crippen molar-refractivity contribution < 1.29 is 9.72 Å². The highest BCUT2D eigenvalue weighted by Gasteiger charge is 2.16. The molecule has 5 heteroatoms. The predicted octanol–water partition coefficient (Wildman–Crippen LogP) is 2.72. The highest BCUT2D eigenvalue weighted by molar-refractivity contribution is 6.10. The van der Waals surface area contributed by atoms with E-state index in [1.807, 2.05) is 6.92 Å². The number of ketones is 1. The van der Waals surface area contributed by atoms with Gasteiger partial charge < -0.3 is 4.98 Å². The van der Waals surface area contributed by atoms with Gasteiger partial charge in [0, 0.05) is 35.7 Å². The van der Waals surface area contributed by atoms with Crippen LogP contribution in [0.1, 0.15) is 28.4 Å². The molecule has 1 aromatic heterocycles. The average molecular weight is 244 g/mol. The van der Waals surface area contributed by atoms with Crippen LogP contribution in [-0.4, -0.2) is 15.7 Å². The molecule has 1 N–H and O–H groups in total.